The minimum absolute atomic E-state index is 0.128. The van der Waals surface area contributed by atoms with E-state index in [0.29, 0.717) is 60.9 Å². The van der Waals surface area contributed by atoms with Gasteiger partial charge < -0.3 is 19.9 Å². The molecule has 0 fully saturated rings. The summed E-state index contributed by atoms with van der Waals surface area (Å²) in [5, 5.41) is 7.02. The molecule has 2 N–H and O–H groups in total. The van der Waals surface area contributed by atoms with Crippen LogP contribution in [0.15, 0.2) is 48.5 Å². The van der Waals surface area contributed by atoms with Crippen LogP contribution in [0, 0.1) is 27.7 Å². The van der Waals surface area contributed by atoms with Gasteiger partial charge in [0.25, 0.3) is 5.91 Å². The topological polar surface area (TPSA) is 95.4 Å². The van der Waals surface area contributed by atoms with Crippen LogP contribution in [0.4, 0.5) is 5.69 Å². The van der Waals surface area contributed by atoms with E-state index >= 15 is 0 Å². The number of hydrogen-bond acceptors (Lipinski definition) is 4. The molecular formula is C36H37Cl2N5O3. The van der Waals surface area contributed by atoms with Crippen molar-refractivity contribution in [3.63, 3.8) is 0 Å². The highest BCUT2D eigenvalue weighted by Crippen LogP contribution is 2.43. The van der Waals surface area contributed by atoms with Gasteiger partial charge in [0.1, 0.15) is 11.4 Å². The number of aromatic nitrogens is 3. The average molecular weight is 659 g/mol. The third kappa shape index (κ3) is 5.54. The first-order valence-electron chi connectivity index (χ1n) is 15.4. The molecule has 238 valence electrons. The molecule has 1 aliphatic heterocycles. The van der Waals surface area contributed by atoms with E-state index in [1.165, 1.54) is 0 Å². The van der Waals surface area contributed by atoms with Crippen LogP contribution in [0.3, 0.4) is 0 Å². The van der Waals surface area contributed by atoms with Crippen LogP contribution in [-0.2, 0) is 20.0 Å². The minimum Gasteiger partial charge on any atom is -0.494 e. The van der Waals surface area contributed by atoms with Crippen molar-refractivity contribution in [1.82, 2.24) is 14.3 Å². The molecule has 3 heterocycles. The maximum Gasteiger partial charge on any atom is 0.275 e. The number of primary amides is 1. The Morgan fingerprint density at radius 3 is 2.41 bits per heavy atom. The van der Waals surface area contributed by atoms with Crippen molar-refractivity contribution in [3.05, 3.63) is 97.9 Å². The standard InChI is InChI=1S/C36H37Cl2N5O3/c1-20-17-26(18-21(2)32(20)38)46-16-7-11-27-28-12-13-29(37)31(30-22(3)40-41(5)23(30)4)33(28)43-15-8-14-42(36(45)34(27)43)25-10-6-9-24(19-25)35(39)44/h6,9-10,12-13,17-19H,7-8,11,14-16H2,1-5H3,(H2,39,44). The second-order valence-corrected chi connectivity index (χ2v) is 12.8. The number of amides is 2. The third-order valence-corrected chi connectivity index (χ3v) is 9.85. The molecule has 8 nitrogen and oxygen atoms in total. The summed E-state index contributed by atoms with van der Waals surface area (Å²) < 4.78 is 10.2. The van der Waals surface area contributed by atoms with E-state index in [9.17, 15) is 9.59 Å². The molecule has 10 heteroatoms. The van der Waals surface area contributed by atoms with Crippen molar-refractivity contribution >= 4 is 51.6 Å². The fraction of sp³-hybridized carbons (Fsp3) is 0.306. The Bertz CT molecular complexity index is 2000. The maximum absolute atomic E-state index is 14.6. The molecule has 0 atom stereocenters. The van der Waals surface area contributed by atoms with E-state index in [4.69, 9.17) is 33.7 Å². The van der Waals surface area contributed by atoms with E-state index in [1.54, 1.807) is 23.1 Å². The number of benzene rings is 3. The van der Waals surface area contributed by atoms with Crippen LogP contribution in [0.2, 0.25) is 10.0 Å². The highest BCUT2D eigenvalue weighted by molar-refractivity contribution is 6.35. The third-order valence-electron chi connectivity index (χ3n) is 8.94. The minimum atomic E-state index is -0.536. The molecule has 0 aliphatic carbocycles. The van der Waals surface area contributed by atoms with Gasteiger partial charge in [-0.2, -0.15) is 5.10 Å². The normalized spacial score (nSPS) is 13.3. The number of ether oxygens (including phenoxy) is 1. The number of carbonyl (C=O) groups is 2. The highest BCUT2D eigenvalue weighted by Gasteiger charge is 2.32. The fourth-order valence-electron chi connectivity index (χ4n) is 6.71. The van der Waals surface area contributed by atoms with Crippen LogP contribution in [0.25, 0.3) is 22.0 Å². The highest BCUT2D eigenvalue weighted by atomic mass is 35.5. The Balaban J connectivity index is 1.47. The summed E-state index contributed by atoms with van der Waals surface area (Å²) in [7, 11) is 1.93. The average Bonchev–Trinajstić information content (AvgIpc) is 3.39. The SMILES string of the molecule is Cc1cc(OCCCc2c3n(c4c(-c5c(C)nn(C)c5C)c(Cl)ccc24)CCCN(c2cccc(C(N)=O)c2)C3=O)cc(C)c1Cl. The van der Waals surface area contributed by atoms with Gasteiger partial charge in [-0.05, 0) is 100 Å². The summed E-state index contributed by atoms with van der Waals surface area (Å²) in [6.07, 6.45) is 2.00. The first kappa shape index (κ1) is 31.7. The second kappa shape index (κ2) is 12.5. The molecule has 0 radical (unpaired) electrons. The van der Waals surface area contributed by atoms with Crippen LogP contribution in [0.5, 0.6) is 5.75 Å². The molecule has 46 heavy (non-hydrogen) atoms. The van der Waals surface area contributed by atoms with Crippen LogP contribution >= 0.6 is 23.2 Å². The zero-order chi connectivity index (χ0) is 32.9. The zero-order valence-corrected chi connectivity index (χ0v) is 28.2. The summed E-state index contributed by atoms with van der Waals surface area (Å²) >= 11 is 13.4. The molecular weight excluding hydrogens is 621 g/mol. The van der Waals surface area contributed by atoms with Crippen molar-refractivity contribution in [2.45, 2.75) is 53.5 Å². The number of rotatable bonds is 8. The van der Waals surface area contributed by atoms with Crippen molar-refractivity contribution < 1.29 is 14.3 Å². The lowest BCUT2D eigenvalue weighted by molar-refractivity contribution is 0.0977. The predicted molar refractivity (Wildman–Crippen MR) is 185 cm³/mol. The fourth-order valence-corrected chi connectivity index (χ4v) is 7.06. The van der Waals surface area contributed by atoms with Gasteiger partial charge in [-0.1, -0.05) is 35.3 Å². The summed E-state index contributed by atoms with van der Waals surface area (Å²) in [6.45, 7) is 9.53. The van der Waals surface area contributed by atoms with E-state index in [0.717, 1.165) is 60.9 Å². The summed E-state index contributed by atoms with van der Waals surface area (Å²) in [4.78, 5) is 28.4. The Morgan fingerprint density at radius 1 is 1.00 bits per heavy atom. The molecule has 1 aliphatic rings. The summed E-state index contributed by atoms with van der Waals surface area (Å²) in [5.41, 5.74) is 14.8. The Morgan fingerprint density at radius 2 is 1.74 bits per heavy atom. The smallest absolute Gasteiger partial charge is 0.275 e. The van der Waals surface area contributed by atoms with E-state index in [1.807, 2.05) is 69.8 Å². The van der Waals surface area contributed by atoms with E-state index in [-0.39, 0.29) is 5.91 Å². The Kier molecular flexibility index (Phi) is 8.61. The first-order valence-corrected chi connectivity index (χ1v) is 16.2. The number of fused-ring (bicyclic) bond motifs is 3. The number of aryl methyl sites for hydroxylation is 6. The van der Waals surface area contributed by atoms with Crippen molar-refractivity contribution in [2.75, 3.05) is 18.1 Å². The molecule has 0 spiro atoms. The number of halogens is 2. The van der Waals surface area contributed by atoms with Gasteiger partial charge in [0, 0.05) is 58.6 Å². The number of carbonyl (C=O) groups excluding carboxylic acids is 2. The number of hydrogen-bond donors (Lipinski definition) is 1. The van der Waals surface area contributed by atoms with Gasteiger partial charge in [-0.15, -0.1) is 0 Å². The summed E-state index contributed by atoms with van der Waals surface area (Å²) in [6, 6.07) is 14.8. The molecule has 3 aromatic carbocycles. The van der Waals surface area contributed by atoms with Crippen molar-refractivity contribution in [1.29, 1.82) is 0 Å². The van der Waals surface area contributed by atoms with Gasteiger partial charge >= 0.3 is 0 Å². The predicted octanol–water partition coefficient (Wildman–Crippen LogP) is 7.74. The van der Waals surface area contributed by atoms with Gasteiger partial charge in [0.05, 0.1) is 22.8 Å². The quantitative estimate of drug-likeness (QED) is 0.173. The molecule has 5 aromatic rings. The van der Waals surface area contributed by atoms with Gasteiger partial charge in [0.2, 0.25) is 5.91 Å². The van der Waals surface area contributed by atoms with Gasteiger partial charge in [-0.25, -0.2) is 0 Å². The number of nitrogens with two attached hydrogens (primary N) is 1. The molecule has 6 rings (SSSR count). The van der Waals surface area contributed by atoms with Crippen LogP contribution < -0.4 is 15.4 Å². The lowest BCUT2D eigenvalue weighted by atomic mass is 9.98. The summed E-state index contributed by atoms with van der Waals surface area (Å²) in [5.74, 6) is 0.108. The number of anilines is 1. The second-order valence-electron chi connectivity index (χ2n) is 12.0. The molecule has 2 amide bonds. The van der Waals surface area contributed by atoms with E-state index in [2.05, 4.69) is 9.67 Å². The molecule has 0 saturated carbocycles. The van der Waals surface area contributed by atoms with Crippen molar-refractivity contribution in [2.24, 2.45) is 12.8 Å². The number of nitrogens with zero attached hydrogens (tertiary/aromatic N) is 4. The molecule has 0 saturated heterocycles. The van der Waals surface area contributed by atoms with Gasteiger partial charge in [-0.3, -0.25) is 14.3 Å². The van der Waals surface area contributed by atoms with Crippen LogP contribution in [0.1, 0.15) is 61.8 Å². The van der Waals surface area contributed by atoms with E-state index < -0.39 is 5.91 Å². The first-order chi connectivity index (χ1) is 22.0. The maximum atomic E-state index is 14.6. The van der Waals surface area contributed by atoms with Crippen molar-refractivity contribution in [3.8, 4) is 16.9 Å². The zero-order valence-electron chi connectivity index (χ0n) is 26.7. The Hall–Kier alpha value is -4.27. The Labute approximate surface area is 278 Å². The molecule has 0 unspecified atom stereocenters. The largest absolute Gasteiger partial charge is 0.494 e. The molecule has 0 bridgehead atoms. The van der Waals surface area contributed by atoms with Gasteiger partial charge in [0.15, 0.2) is 0 Å². The lowest BCUT2D eigenvalue weighted by Crippen LogP contribution is -2.32. The monoisotopic (exact) mass is 657 g/mol. The lowest BCUT2D eigenvalue weighted by Gasteiger charge is -2.21. The molecule has 2 aromatic heterocycles. The van der Waals surface area contributed by atoms with Crippen LogP contribution in [-0.4, -0.2) is 39.3 Å².